The molecule has 3 rings (SSSR count). The molecule has 6 nitrogen and oxygen atoms in total. The molecule has 2 aliphatic rings. The highest BCUT2D eigenvalue weighted by atomic mass is 16.5. The molecule has 2 heterocycles. The summed E-state index contributed by atoms with van der Waals surface area (Å²) in [7, 11) is 0. The predicted molar refractivity (Wildman–Crippen MR) is 88.5 cm³/mol. The summed E-state index contributed by atoms with van der Waals surface area (Å²) in [6.07, 6.45) is 4.55. The third-order valence-corrected chi connectivity index (χ3v) is 4.70. The second kappa shape index (κ2) is 6.43. The van der Waals surface area contributed by atoms with Crippen molar-refractivity contribution in [2.75, 3.05) is 24.6 Å². The zero-order valence-corrected chi connectivity index (χ0v) is 14.3. The number of carbonyl (C=O) groups excluding carboxylic acids is 1. The van der Waals surface area contributed by atoms with Crippen LogP contribution in [0.15, 0.2) is 6.07 Å². The molecule has 23 heavy (non-hydrogen) atoms. The summed E-state index contributed by atoms with van der Waals surface area (Å²) < 4.78 is 5.84. The van der Waals surface area contributed by atoms with Crippen molar-refractivity contribution in [1.82, 2.24) is 15.3 Å². The first-order chi connectivity index (χ1) is 11.0. The highest BCUT2D eigenvalue weighted by Crippen LogP contribution is 2.24. The van der Waals surface area contributed by atoms with Gasteiger partial charge < -0.3 is 15.0 Å². The Hall–Kier alpha value is -1.69. The van der Waals surface area contributed by atoms with Gasteiger partial charge in [0.15, 0.2) is 5.60 Å². The van der Waals surface area contributed by atoms with Gasteiger partial charge in [0.2, 0.25) is 5.95 Å². The molecule has 1 N–H and O–H groups in total. The number of ether oxygens (including phenoxy) is 1. The van der Waals surface area contributed by atoms with Gasteiger partial charge >= 0.3 is 0 Å². The normalized spacial score (nSPS) is 25.6. The Kier molecular flexibility index (Phi) is 4.53. The topological polar surface area (TPSA) is 67.4 Å². The van der Waals surface area contributed by atoms with E-state index in [1.165, 1.54) is 12.8 Å². The number of nitrogens with zero attached hydrogens (tertiary/aromatic N) is 3. The second-order valence-electron chi connectivity index (χ2n) is 6.91. The molecule has 126 valence electrons. The van der Waals surface area contributed by atoms with E-state index in [1.807, 2.05) is 26.8 Å². The molecule has 1 amide bonds. The lowest BCUT2D eigenvalue weighted by atomic mass is 10.0. The number of carbonyl (C=O) groups is 1. The van der Waals surface area contributed by atoms with Crippen LogP contribution in [0.25, 0.3) is 0 Å². The van der Waals surface area contributed by atoms with Crippen LogP contribution in [-0.2, 0) is 9.53 Å². The molecule has 1 saturated carbocycles. The van der Waals surface area contributed by atoms with E-state index in [0.29, 0.717) is 31.7 Å². The van der Waals surface area contributed by atoms with E-state index in [-0.39, 0.29) is 5.91 Å². The van der Waals surface area contributed by atoms with Crippen molar-refractivity contribution in [2.24, 2.45) is 0 Å². The average Bonchev–Trinajstić information content (AvgIpc) is 2.99. The molecule has 0 aromatic carbocycles. The number of hydrogen-bond donors (Lipinski definition) is 1. The van der Waals surface area contributed by atoms with Gasteiger partial charge in [0.25, 0.3) is 5.91 Å². The minimum absolute atomic E-state index is 0.0153. The zero-order valence-electron chi connectivity index (χ0n) is 14.3. The van der Waals surface area contributed by atoms with Crippen molar-refractivity contribution in [3.63, 3.8) is 0 Å². The first-order valence-corrected chi connectivity index (χ1v) is 8.48. The molecule has 0 unspecified atom stereocenters. The van der Waals surface area contributed by atoms with E-state index < -0.39 is 5.60 Å². The van der Waals surface area contributed by atoms with Gasteiger partial charge in [0, 0.05) is 24.0 Å². The van der Waals surface area contributed by atoms with Gasteiger partial charge in [-0.1, -0.05) is 12.8 Å². The third kappa shape index (κ3) is 3.63. The maximum atomic E-state index is 12.7. The summed E-state index contributed by atoms with van der Waals surface area (Å²) in [5, 5.41) is 3.15. The van der Waals surface area contributed by atoms with Crippen molar-refractivity contribution in [3.05, 3.63) is 17.5 Å². The summed E-state index contributed by atoms with van der Waals surface area (Å²) >= 11 is 0. The molecule has 0 spiro atoms. The summed E-state index contributed by atoms with van der Waals surface area (Å²) in [4.78, 5) is 23.8. The molecule has 1 aromatic rings. The zero-order chi connectivity index (χ0) is 16.4. The average molecular weight is 318 g/mol. The number of rotatable bonds is 3. The van der Waals surface area contributed by atoms with Crippen molar-refractivity contribution in [2.45, 2.75) is 58.1 Å². The lowest BCUT2D eigenvalue weighted by Crippen LogP contribution is -2.59. The van der Waals surface area contributed by atoms with Crippen LogP contribution in [0.3, 0.4) is 0 Å². The van der Waals surface area contributed by atoms with Crippen LogP contribution in [0.4, 0.5) is 5.95 Å². The van der Waals surface area contributed by atoms with Crippen molar-refractivity contribution in [1.29, 1.82) is 0 Å². The van der Waals surface area contributed by atoms with Crippen LogP contribution in [0, 0.1) is 13.8 Å². The van der Waals surface area contributed by atoms with Gasteiger partial charge in [0.05, 0.1) is 13.2 Å². The van der Waals surface area contributed by atoms with Crippen LogP contribution in [0.5, 0.6) is 0 Å². The number of nitrogens with one attached hydrogen (secondary N) is 1. The van der Waals surface area contributed by atoms with E-state index in [0.717, 1.165) is 24.2 Å². The highest BCUT2D eigenvalue weighted by Gasteiger charge is 2.41. The largest absolute Gasteiger partial charge is 0.362 e. The number of amides is 1. The standard InChI is InChI=1S/C17H26N4O2/c1-12-10-13(2)19-16(18-12)21-8-9-23-17(3,11-21)15(22)20-14-6-4-5-7-14/h10,14H,4-9,11H2,1-3H3,(H,20,22)/t17-/m1/s1. The summed E-state index contributed by atoms with van der Waals surface area (Å²) in [5.74, 6) is 0.671. The monoisotopic (exact) mass is 318 g/mol. The molecule has 0 bridgehead atoms. The van der Waals surface area contributed by atoms with Gasteiger partial charge in [-0.15, -0.1) is 0 Å². The van der Waals surface area contributed by atoms with E-state index in [4.69, 9.17) is 4.74 Å². The number of aryl methyl sites for hydroxylation is 2. The maximum Gasteiger partial charge on any atom is 0.254 e. The quantitative estimate of drug-likeness (QED) is 0.919. The van der Waals surface area contributed by atoms with E-state index in [9.17, 15) is 4.79 Å². The molecule has 1 aromatic heterocycles. The number of anilines is 1. The van der Waals surface area contributed by atoms with Crippen molar-refractivity contribution in [3.8, 4) is 0 Å². The fraction of sp³-hybridized carbons (Fsp3) is 0.706. The Balaban J connectivity index is 1.72. The molecule has 2 fully saturated rings. The predicted octanol–water partition coefficient (Wildman–Crippen LogP) is 1.75. The fourth-order valence-electron chi connectivity index (χ4n) is 3.44. The lowest BCUT2D eigenvalue weighted by Gasteiger charge is -2.39. The van der Waals surface area contributed by atoms with Crippen LogP contribution in [0.1, 0.15) is 44.0 Å². The van der Waals surface area contributed by atoms with Gasteiger partial charge in [0.1, 0.15) is 0 Å². The molecule has 1 aliphatic carbocycles. The maximum absolute atomic E-state index is 12.7. The highest BCUT2D eigenvalue weighted by molar-refractivity contribution is 5.86. The second-order valence-corrected chi connectivity index (χ2v) is 6.91. The fourth-order valence-corrected chi connectivity index (χ4v) is 3.44. The number of morpholine rings is 1. The Morgan fingerprint density at radius 1 is 1.30 bits per heavy atom. The Labute approximate surface area is 137 Å². The van der Waals surface area contributed by atoms with Crippen LogP contribution in [-0.4, -0.2) is 47.2 Å². The van der Waals surface area contributed by atoms with E-state index >= 15 is 0 Å². The summed E-state index contributed by atoms with van der Waals surface area (Å²) in [6, 6.07) is 2.26. The Morgan fingerprint density at radius 2 is 1.96 bits per heavy atom. The van der Waals surface area contributed by atoms with Gasteiger partial charge in [-0.3, -0.25) is 4.79 Å². The number of aromatic nitrogens is 2. The van der Waals surface area contributed by atoms with Crippen LogP contribution < -0.4 is 10.2 Å². The molecular formula is C17H26N4O2. The Morgan fingerprint density at radius 3 is 2.61 bits per heavy atom. The third-order valence-electron chi connectivity index (χ3n) is 4.70. The first-order valence-electron chi connectivity index (χ1n) is 8.48. The first kappa shape index (κ1) is 16.2. The van der Waals surface area contributed by atoms with E-state index in [1.54, 1.807) is 0 Å². The molecule has 6 heteroatoms. The van der Waals surface area contributed by atoms with E-state index in [2.05, 4.69) is 20.2 Å². The van der Waals surface area contributed by atoms with Crippen LogP contribution in [0.2, 0.25) is 0 Å². The summed E-state index contributed by atoms with van der Waals surface area (Å²) in [6.45, 7) is 7.48. The molecule has 1 atom stereocenters. The summed E-state index contributed by atoms with van der Waals surface area (Å²) in [5.41, 5.74) is 1.04. The smallest absolute Gasteiger partial charge is 0.254 e. The SMILES string of the molecule is Cc1cc(C)nc(N2CCO[C@@](C)(C(=O)NC3CCCC3)C2)n1. The van der Waals surface area contributed by atoms with Crippen molar-refractivity contribution >= 4 is 11.9 Å². The van der Waals surface area contributed by atoms with Crippen LogP contribution >= 0.6 is 0 Å². The van der Waals surface area contributed by atoms with Gasteiger partial charge in [-0.05, 0) is 39.7 Å². The minimum Gasteiger partial charge on any atom is -0.362 e. The van der Waals surface area contributed by atoms with Gasteiger partial charge in [-0.25, -0.2) is 9.97 Å². The molecule has 1 saturated heterocycles. The minimum atomic E-state index is -0.845. The molecule has 0 radical (unpaired) electrons. The molecule has 1 aliphatic heterocycles. The molecular weight excluding hydrogens is 292 g/mol. The van der Waals surface area contributed by atoms with Crippen molar-refractivity contribution < 1.29 is 9.53 Å². The Bertz CT molecular complexity index is 566. The lowest BCUT2D eigenvalue weighted by molar-refractivity contribution is -0.147. The number of hydrogen-bond acceptors (Lipinski definition) is 5. The van der Waals surface area contributed by atoms with Gasteiger partial charge in [-0.2, -0.15) is 0 Å².